The zero-order valence-electron chi connectivity index (χ0n) is 14.3. The first kappa shape index (κ1) is 17.5. The van der Waals surface area contributed by atoms with Crippen LogP contribution in [-0.4, -0.2) is 38.5 Å². The number of amides is 1. The number of hydrogen-bond acceptors (Lipinski definition) is 4. The Morgan fingerprint density at radius 2 is 1.83 bits per heavy atom. The van der Waals surface area contributed by atoms with Gasteiger partial charge >= 0.3 is 0 Å². The minimum atomic E-state index is 0.0541. The summed E-state index contributed by atoms with van der Waals surface area (Å²) in [6, 6.07) is 10.3. The van der Waals surface area contributed by atoms with Crippen molar-refractivity contribution in [1.29, 1.82) is 0 Å². The Labute approximate surface area is 142 Å². The maximum atomic E-state index is 12.1. The lowest BCUT2D eigenvalue weighted by Crippen LogP contribution is -2.34. The lowest BCUT2D eigenvalue weighted by Gasteiger charge is -2.16. The second-order valence-corrected chi connectivity index (χ2v) is 7.04. The average Bonchev–Trinajstić information content (AvgIpc) is 2.90. The lowest BCUT2D eigenvalue weighted by atomic mass is 10.2. The van der Waals surface area contributed by atoms with E-state index in [-0.39, 0.29) is 5.91 Å². The van der Waals surface area contributed by atoms with Crippen LogP contribution in [0.3, 0.4) is 0 Å². The number of anilines is 1. The van der Waals surface area contributed by atoms with Gasteiger partial charge in [0.2, 0.25) is 5.91 Å². The molecule has 0 fully saturated rings. The molecule has 0 aliphatic carbocycles. The van der Waals surface area contributed by atoms with Gasteiger partial charge in [-0.1, -0.05) is 12.1 Å². The Morgan fingerprint density at radius 1 is 1.13 bits per heavy atom. The van der Waals surface area contributed by atoms with Crippen molar-refractivity contribution in [1.82, 2.24) is 10.2 Å². The summed E-state index contributed by atoms with van der Waals surface area (Å²) < 4.78 is 0. The van der Waals surface area contributed by atoms with Gasteiger partial charge in [0.25, 0.3) is 0 Å². The predicted molar refractivity (Wildman–Crippen MR) is 98.0 cm³/mol. The molecule has 23 heavy (non-hydrogen) atoms. The summed E-state index contributed by atoms with van der Waals surface area (Å²) in [6.07, 6.45) is 0. The second kappa shape index (κ2) is 8.13. The number of likely N-dealkylation sites (N-methyl/N-ethyl adjacent to an activating group) is 1. The molecule has 0 aliphatic rings. The van der Waals surface area contributed by atoms with Crippen LogP contribution in [0.1, 0.15) is 16.0 Å². The number of hydrogen-bond donors (Lipinski definition) is 1. The highest BCUT2D eigenvalue weighted by Crippen LogP contribution is 2.17. The van der Waals surface area contributed by atoms with E-state index in [1.807, 2.05) is 38.2 Å². The molecule has 1 heterocycles. The largest absolute Gasteiger partial charge is 0.378 e. The first-order valence-corrected chi connectivity index (χ1v) is 8.58. The monoisotopic (exact) mass is 331 g/mol. The highest BCUT2D eigenvalue weighted by Gasteiger charge is 2.09. The maximum absolute atomic E-state index is 12.1. The molecule has 0 radical (unpaired) electrons. The topological polar surface area (TPSA) is 35.6 Å². The van der Waals surface area contributed by atoms with Crippen LogP contribution in [-0.2, 0) is 17.9 Å². The van der Waals surface area contributed by atoms with Crippen molar-refractivity contribution in [2.75, 3.05) is 32.6 Å². The molecule has 124 valence electrons. The highest BCUT2D eigenvalue weighted by molar-refractivity contribution is 7.10. The Morgan fingerprint density at radius 3 is 2.39 bits per heavy atom. The molecular formula is C18H25N3OS. The van der Waals surface area contributed by atoms with Crippen molar-refractivity contribution in [3.8, 4) is 0 Å². The van der Waals surface area contributed by atoms with E-state index >= 15 is 0 Å². The molecule has 0 saturated carbocycles. The molecule has 0 spiro atoms. The van der Waals surface area contributed by atoms with E-state index in [1.165, 1.54) is 10.4 Å². The molecular weight excluding hydrogens is 306 g/mol. The summed E-state index contributed by atoms with van der Waals surface area (Å²) in [5.74, 6) is 0.0541. The molecule has 1 N–H and O–H groups in total. The molecule has 0 aliphatic heterocycles. The van der Waals surface area contributed by atoms with E-state index in [0.29, 0.717) is 13.1 Å². The van der Waals surface area contributed by atoms with Crippen LogP contribution in [0.5, 0.6) is 0 Å². The Balaban J connectivity index is 1.77. The average molecular weight is 331 g/mol. The van der Waals surface area contributed by atoms with Crippen molar-refractivity contribution >= 4 is 22.9 Å². The van der Waals surface area contributed by atoms with E-state index in [0.717, 1.165) is 17.8 Å². The molecule has 0 saturated heterocycles. The summed E-state index contributed by atoms with van der Waals surface area (Å²) in [4.78, 5) is 17.5. The molecule has 2 aromatic rings. The molecule has 5 heteroatoms. The molecule has 1 aromatic carbocycles. The third-order valence-electron chi connectivity index (χ3n) is 3.74. The SMILES string of the molecule is Cc1ccsc1CN(C)CC(=O)NCc1ccc(N(C)C)cc1. The molecule has 0 bridgehead atoms. The number of nitrogens with one attached hydrogen (secondary N) is 1. The van der Waals surface area contributed by atoms with Crippen LogP contribution in [0, 0.1) is 6.92 Å². The van der Waals surface area contributed by atoms with Gasteiger partial charge in [-0.25, -0.2) is 0 Å². The van der Waals surface area contributed by atoms with E-state index in [1.54, 1.807) is 11.3 Å². The van der Waals surface area contributed by atoms with Crippen LogP contribution < -0.4 is 10.2 Å². The van der Waals surface area contributed by atoms with Gasteiger partial charge in [-0.15, -0.1) is 11.3 Å². The Bertz CT molecular complexity index is 634. The highest BCUT2D eigenvalue weighted by atomic mass is 32.1. The third kappa shape index (κ3) is 5.37. The fourth-order valence-corrected chi connectivity index (χ4v) is 3.27. The van der Waals surface area contributed by atoms with E-state index in [9.17, 15) is 4.79 Å². The predicted octanol–water partition coefficient (Wildman–Crippen LogP) is 2.87. The van der Waals surface area contributed by atoms with Gasteiger partial charge in [0, 0.05) is 37.7 Å². The number of nitrogens with zero attached hydrogens (tertiary/aromatic N) is 2. The first-order chi connectivity index (χ1) is 11.0. The van der Waals surface area contributed by atoms with Crippen LogP contribution in [0.25, 0.3) is 0 Å². The van der Waals surface area contributed by atoms with Gasteiger partial charge in [-0.05, 0) is 48.7 Å². The van der Waals surface area contributed by atoms with Gasteiger partial charge in [-0.2, -0.15) is 0 Å². The standard InChI is InChI=1S/C18H25N3OS/c1-14-9-10-23-17(14)12-21(4)13-18(22)19-11-15-5-7-16(8-6-15)20(2)3/h5-10H,11-13H2,1-4H3,(H,19,22). The summed E-state index contributed by atoms with van der Waals surface area (Å²) >= 11 is 1.74. The Hall–Kier alpha value is -1.85. The lowest BCUT2D eigenvalue weighted by molar-refractivity contribution is -0.122. The van der Waals surface area contributed by atoms with E-state index < -0.39 is 0 Å². The van der Waals surface area contributed by atoms with Crippen molar-refractivity contribution in [2.24, 2.45) is 0 Å². The summed E-state index contributed by atoms with van der Waals surface area (Å²) in [7, 11) is 6.01. The van der Waals surface area contributed by atoms with Crippen molar-refractivity contribution in [2.45, 2.75) is 20.0 Å². The van der Waals surface area contributed by atoms with Gasteiger partial charge < -0.3 is 10.2 Å². The molecule has 0 atom stereocenters. The van der Waals surface area contributed by atoms with E-state index in [2.05, 4.69) is 40.7 Å². The smallest absolute Gasteiger partial charge is 0.234 e. The third-order valence-corrected chi connectivity index (χ3v) is 4.75. The Kier molecular flexibility index (Phi) is 6.19. The van der Waals surface area contributed by atoms with Crippen LogP contribution in [0.4, 0.5) is 5.69 Å². The maximum Gasteiger partial charge on any atom is 0.234 e. The van der Waals surface area contributed by atoms with Crippen molar-refractivity contribution in [3.63, 3.8) is 0 Å². The molecule has 4 nitrogen and oxygen atoms in total. The number of benzene rings is 1. The number of carbonyl (C=O) groups excluding carboxylic acids is 1. The number of aryl methyl sites for hydroxylation is 1. The van der Waals surface area contributed by atoms with Crippen LogP contribution in [0.2, 0.25) is 0 Å². The molecule has 1 aromatic heterocycles. The number of thiophene rings is 1. The number of rotatable bonds is 7. The summed E-state index contributed by atoms with van der Waals surface area (Å²) in [5, 5.41) is 5.08. The van der Waals surface area contributed by atoms with Gasteiger partial charge in [-0.3, -0.25) is 9.69 Å². The fraction of sp³-hybridized carbons (Fsp3) is 0.389. The van der Waals surface area contributed by atoms with Crippen LogP contribution >= 0.6 is 11.3 Å². The molecule has 2 rings (SSSR count). The van der Waals surface area contributed by atoms with Gasteiger partial charge in [0.15, 0.2) is 0 Å². The molecule has 0 unspecified atom stereocenters. The van der Waals surface area contributed by atoms with Crippen LogP contribution in [0.15, 0.2) is 35.7 Å². The van der Waals surface area contributed by atoms with Gasteiger partial charge in [0.05, 0.1) is 6.54 Å². The second-order valence-electron chi connectivity index (χ2n) is 6.04. The zero-order valence-corrected chi connectivity index (χ0v) is 15.1. The number of carbonyl (C=O) groups is 1. The van der Waals surface area contributed by atoms with Crippen molar-refractivity contribution < 1.29 is 4.79 Å². The molecule has 1 amide bonds. The summed E-state index contributed by atoms with van der Waals surface area (Å²) in [6.45, 7) is 3.90. The van der Waals surface area contributed by atoms with E-state index in [4.69, 9.17) is 0 Å². The quantitative estimate of drug-likeness (QED) is 0.847. The summed E-state index contributed by atoms with van der Waals surface area (Å²) in [5.41, 5.74) is 3.56. The van der Waals surface area contributed by atoms with Gasteiger partial charge in [0.1, 0.15) is 0 Å². The minimum absolute atomic E-state index is 0.0541. The normalized spacial score (nSPS) is 10.8. The zero-order chi connectivity index (χ0) is 16.8. The van der Waals surface area contributed by atoms with Crippen molar-refractivity contribution in [3.05, 3.63) is 51.7 Å². The fourth-order valence-electron chi connectivity index (χ4n) is 2.28. The minimum Gasteiger partial charge on any atom is -0.378 e. The first-order valence-electron chi connectivity index (χ1n) is 7.70.